The molecule has 0 atom stereocenters. The van der Waals surface area contributed by atoms with Gasteiger partial charge in [-0.2, -0.15) is 0 Å². The van der Waals surface area contributed by atoms with Crippen molar-refractivity contribution in [2.24, 2.45) is 0 Å². The van der Waals surface area contributed by atoms with Gasteiger partial charge in [0.15, 0.2) is 0 Å². The van der Waals surface area contributed by atoms with Gasteiger partial charge in [0.05, 0.1) is 6.10 Å². The highest BCUT2D eigenvalue weighted by atomic mass is 32.2. The van der Waals surface area contributed by atoms with Gasteiger partial charge >= 0.3 is 0 Å². The molecule has 1 aliphatic carbocycles. The highest BCUT2D eigenvalue weighted by Gasteiger charge is 2.15. The van der Waals surface area contributed by atoms with Gasteiger partial charge < -0.3 is 4.74 Å². The van der Waals surface area contributed by atoms with Crippen LogP contribution in [0.1, 0.15) is 38.5 Å². The van der Waals surface area contributed by atoms with Gasteiger partial charge in [-0.3, -0.25) is 0 Å². The number of sulfonamides is 1. The summed E-state index contributed by atoms with van der Waals surface area (Å²) in [5.74, 6) is 0. The predicted octanol–water partition coefficient (Wildman–Crippen LogP) is 2.77. The van der Waals surface area contributed by atoms with E-state index in [1.807, 2.05) is 0 Å². The first-order valence-corrected chi connectivity index (χ1v) is 9.19. The van der Waals surface area contributed by atoms with E-state index in [9.17, 15) is 8.42 Å². The fraction of sp³-hybridized carbons (Fsp3) is 0.692. The van der Waals surface area contributed by atoms with E-state index in [0.29, 0.717) is 23.5 Å². The zero-order valence-electron chi connectivity index (χ0n) is 11.0. The van der Waals surface area contributed by atoms with Crippen molar-refractivity contribution in [1.82, 2.24) is 4.72 Å². The number of thiophene rings is 1. The van der Waals surface area contributed by atoms with Crippen LogP contribution in [-0.2, 0) is 14.8 Å². The van der Waals surface area contributed by atoms with Gasteiger partial charge in [-0.05, 0) is 30.7 Å². The van der Waals surface area contributed by atoms with Crippen molar-refractivity contribution in [2.75, 3.05) is 13.2 Å². The van der Waals surface area contributed by atoms with Gasteiger partial charge in [0.1, 0.15) is 4.21 Å². The highest BCUT2D eigenvalue weighted by molar-refractivity contribution is 7.91. The van der Waals surface area contributed by atoms with Gasteiger partial charge in [-0.25, -0.2) is 13.1 Å². The molecule has 4 nitrogen and oxygen atoms in total. The van der Waals surface area contributed by atoms with Crippen LogP contribution in [-0.4, -0.2) is 27.7 Å². The number of nitrogens with one attached hydrogen (secondary N) is 1. The second kappa shape index (κ2) is 7.38. The monoisotopic (exact) mass is 303 g/mol. The van der Waals surface area contributed by atoms with Crippen LogP contribution < -0.4 is 4.72 Å². The smallest absolute Gasteiger partial charge is 0.250 e. The molecule has 0 spiro atoms. The molecule has 0 amide bonds. The van der Waals surface area contributed by atoms with Crippen LogP contribution in [0.5, 0.6) is 0 Å². The lowest BCUT2D eigenvalue weighted by molar-refractivity contribution is 0.0278. The summed E-state index contributed by atoms with van der Waals surface area (Å²) >= 11 is 1.23. The van der Waals surface area contributed by atoms with Gasteiger partial charge in [0, 0.05) is 13.2 Å². The Bertz CT molecular complexity index is 450. The van der Waals surface area contributed by atoms with Gasteiger partial charge in [-0.1, -0.05) is 25.3 Å². The molecular formula is C13H21NO3S2. The van der Waals surface area contributed by atoms with Crippen LogP contribution in [0.3, 0.4) is 0 Å². The molecule has 0 bridgehead atoms. The van der Waals surface area contributed by atoms with Gasteiger partial charge in [-0.15, -0.1) is 11.3 Å². The number of hydrogen-bond acceptors (Lipinski definition) is 4. The highest BCUT2D eigenvalue weighted by Crippen LogP contribution is 2.20. The van der Waals surface area contributed by atoms with E-state index < -0.39 is 10.0 Å². The Morgan fingerprint density at radius 3 is 2.79 bits per heavy atom. The molecule has 2 rings (SSSR count). The molecule has 0 aromatic carbocycles. The number of hydrogen-bond donors (Lipinski definition) is 1. The SMILES string of the molecule is O=S(=O)(NCCCOC1CCCCC1)c1cccs1. The summed E-state index contributed by atoms with van der Waals surface area (Å²) in [6, 6.07) is 3.36. The average molecular weight is 303 g/mol. The molecule has 1 fully saturated rings. The number of ether oxygens (including phenoxy) is 1. The molecule has 1 saturated carbocycles. The molecule has 0 radical (unpaired) electrons. The maximum absolute atomic E-state index is 11.8. The summed E-state index contributed by atoms with van der Waals surface area (Å²) in [6.07, 6.45) is 7.26. The predicted molar refractivity (Wildman–Crippen MR) is 76.9 cm³/mol. The molecule has 1 aromatic heterocycles. The lowest BCUT2D eigenvalue weighted by atomic mass is 9.98. The zero-order valence-corrected chi connectivity index (χ0v) is 12.6. The fourth-order valence-electron chi connectivity index (χ4n) is 2.25. The minimum Gasteiger partial charge on any atom is -0.378 e. The first-order valence-electron chi connectivity index (χ1n) is 6.83. The Kier molecular flexibility index (Phi) is 5.81. The van der Waals surface area contributed by atoms with Crippen LogP contribution in [0, 0.1) is 0 Å². The Morgan fingerprint density at radius 1 is 1.32 bits per heavy atom. The second-order valence-electron chi connectivity index (χ2n) is 4.81. The topological polar surface area (TPSA) is 55.4 Å². The van der Waals surface area contributed by atoms with E-state index in [1.165, 1.54) is 30.6 Å². The summed E-state index contributed by atoms with van der Waals surface area (Å²) in [5, 5.41) is 1.76. The first-order chi connectivity index (χ1) is 9.18. The summed E-state index contributed by atoms with van der Waals surface area (Å²) in [6.45, 7) is 1.07. The summed E-state index contributed by atoms with van der Waals surface area (Å²) in [5.41, 5.74) is 0. The van der Waals surface area contributed by atoms with Crippen molar-refractivity contribution >= 4 is 21.4 Å². The largest absolute Gasteiger partial charge is 0.378 e. The molecule has 0 aliphatic heterocycles. The molecule has 1 N–H and O–H groups in total. The van der Waals surface area contributed by atoms with E-state index >= 15 is 0 Å². The van der Waals surface area contributed by atoms with Gasteiger partial charge in [0.2, 0.25) is 10.0 Å². The third kappa shape index (κ3) is 4.87. The molecular weight excluding hydrogens is 282 g/mol. The van der Waals surface area contributed by atoms with Crippen molar-refractivity contribution in [3.05, 3.63) is 17.5 Å². The van der Waals surface area contributed by atoms with E-state index in [1.54, 1.807) is 17.5 Å². The third-order valence-electron chi connectivity index (χ3n) is 3.28. The van der Waals surface area contributed by atoms with Crippen molar-refractivity contribution in [3.63, 3.8) is 0 Å². The average Bonchev–Trinajstić information content (AvgIpc) is 2.94. The third-order valence-corrected chi connectivity index (χ3v) is 6.14. The summed E-state index contributed by atoms with van der Waals surface area (Å²) in [7, 11) is -3.31. The lowest BCUT2D eigenvalue weighted by Crippen LogP contribution is -2.25. The van der Waals surface area contributed by atoms with Crippen LogP contribution in [0.4, 0.5) is 0 Å². The molecule has 0 saturated heterocycles. The van der Waals surface area contributed by atoms with Crippen LogP contribution in [0.15, 0.2) is 21.7 Å². The second-order valence-corrected chi connectivity index (χ2v) is 7.76. The lowest BCUT2D eigenvalue weighted by Gasteiger charge is -2.21. The van der Waals surface area contributed by atoms with E-state index in [4.69, 9.17) is 4.74 Å². The van der Waals surface area contributed by atoms with Crippen molar-refractivity contribution < 1.29 is 13.2 Å². The van der Waals surface area contributed by atoms with Crippen LogP contribution in [0.2, 0.25) is 0 Å². The minimum absolute atomic E-state index is 0.376. The quantitative estimate of drug-likeness (QED) is 0.788. The van der Waals surface area contributed by atoms with Crippen molar-refractivity contribution in [2.45, 2.75) is 48.8 Å². The standard InChI is InChI=1S/C13H21NO3S2/c15-19(16,13-8-4-11-18-13)14-9-5-10-17-12-6-2-1-3-7-12/h4,8,11-12,14H,1-3,5-7,9-10H2. The van der Waals surface area contributed by atoms with E-state index in [-0.39, 0.29) is 0 Å². The normalized spacial score (nSPS) is 17.7. The van der Waals surface area contributed by atoms with E-state index in [2.05, 4.69) is 4.72 Å². The Balaban J connectivity index is 1.61. The first kappa shape index (κ1) is 15.0. The molecule has 0 unspecified atom stereocenters. The zero-order chi connectivity index (χ0) is 13.6. The molecule has 19 heavy (non-hydrogen) atoms. The molecule has 108 valence electrons. The molecule has 6 heteroatoms. The van der Waals surface area contributed by atoms with Crippen LogP contribution >= 0.6 is 11.3 Å². The maximum Gasteiger partial charge on any atom is 0.250 e. The number of rotatable bonds is 7. The maximum atomic E-state index is 11.8. The molecule has 1 aromatic rings. The van der Waals surface area contributed by atoms with Crippen LogP contribution in [0.25, 0.3) is 0 Å². The molecule has 1 heterocycles. The van der Waals surface area contributed by atoms with Gasteiger partial charge in [0.25, 0.3) is 0 Å². The Morgan fingerprint density at radius 2 is 2.11 bits per heavy atom. The fourth-order valence-corrected chi connectivity index (χ4v) is 4.36. The Labute approximate surface area is 119 Å². The Hall–Kier alpha value is -0.430. The van der Waals surface area contributed by atoms with Crippen molar-refractivity contribution in [3.8, 4) is 0 Å². The summed E-state index contributed by atoms with van der Waals surface area (Å²) in [4.78, 5) is 0. The minimum atomic E-state index is -3.31. The molecule has 1 aliphatic rings. The van der Waals surface area contributed by atoms with E-state index in [0.717, 1.165) is 19.3 Å². The summed E-state index contributed by atoms with van der Waals surface area (Å²) < 4.78 is 32.4. The van der Waals surface area contributed by atoms with Crippen molar-refractivity contribution in [1.29, 1.82) is 0 Å².